The highest BCUT2D eigenvalue weighted by Crippen LogP contribution is 2.30. The summed E-state index contributed by atoms with van der Waals surface area (Å²) in [5, 5.41) is 3.80. The van der Waals surface area contributed by atoms with E-state index in [0.29, 0.717) is 24.6 Å². The molecule has 160 valence electrons. The summed E-state index contributed by atoms with van der Waals surface area (Å²) in [4.78, 5) is 17.8. The Balaban J connectivity index is 1.33. The first-order valence-electron chi connectivity index (χ1n) is 10.8. The molecule has 2 aliphatic rings. The zero-order valence-electron chi connectivity index (χ0n) is 17.6. The van der Waals surface area contributed by atoms with E-state index in [1.165, 1.54) is 11.1 Å². The van der Waals surface area contributed by atoms with Gasteiger partial charge >= 0.3 is 0 Å². The van der Waals surface area contributed by atoms with Crippen LogP contribution in [0.15, 0.2) is 42.5 Å². The fourth-order valence-corrected chi connectivity index (χ4v) is 4.44. The normalized spacial score (nSPS) is 19.7. The van der Waals surface area contributed by atoms with Gasteiger partial charge in [-0.2, -0.15) is 0 Å². The van der Waals surface area contributed by atoms with Gasteiger partial charge in [-0.05, 0) is 47.9 Å². The number of likely N-dealkylation sites (N-methyl/N-ethyl adjacent to an activating group) is 1. The summed E-state index contributed by atoms with van der Waals surface area (Å²) in [5.41, 5.74) is 3.48. The zero-order chi connectivity index (χ0) is 20.9. The van der Waals surface area contributed by atoms with Crippen LogP contribution >= 0.6 is 11.6 Å². The van der Waals surface area contributed by atoms with Crippen molar-refractivity contribution in [2.75, 3.05) is 39.3 Å². The summed E-state index contributed by atoms with van der Waals surface area (Å²) >= 11 is 6.10. The lowest BCUT2D eigenvalue weighted by Crippen LogP contribution is -2.45. The second-order valence-corrected chi connectivity index (χ2v) is 8.60. The number of hydrogen-bond donors (Lipinski definition) is 1. The summed E-state index contributed by atoms with van der Waals surface area (Å²) in [5.74, 6) is 0.675. The minimum Gasteiger partial charge on any atom is -0.492 e. The van der Waals surface area contributed by atoms with Crippen LogP contribution in [0.3, 0.4) is 0 Å². The molecule has 0 aliphatic carbocycles. The number of hydrogen-bond acceptors (Lipinski definition) is 4. The van der Waals surface area contributed by atoms with E-state index in [9.17, 15) is 4.79 Å². The lowest BCUT2D eigenvalue weighted by molar-refractivity contribution is -0.126. The fourth-order valence-electron chi connectivity index (χ4n) is 4.25. The van der Waals surface area contributed by atoms with Crippen LogP contribution in [0.1, 0.15) is 23.6 Å². The number of ether oxygens (including phenoxy) is 1. The predicted molar refractivity (Wildman–Crippen MR) is 120 cm³/mol. The number of rotatable bonds is 6. The number of benzene rings is 2. The van der Waals surface area contributed by atoms with Crippen LogP contribution < -0.4 is 10.1 Å². The van der Waals surface area contributed by atoms with Crippen molar-refractivity contribution in [3.05, 3.63) is 64.2 Å². The van der Waals surface area contributed by atoms with Gasteiger partial charge in [0.15, 0.2) is 0 Å². The molecule has 0 radical (unpaired) electrons. The smallest absolute Gasteiger partial charge is 0.227 e. The van der Waals surface area contributed by atoms with Crippen molar-refractivity contribution in [3.8, 4) is 5.75 Å². The average Bonchev–Trinajstić information content (AvgIpc) is 2.78. The van der Waals surface area contributed by atoms with Crippen LogP contribution in [0.4, 0.5) is 0 Å². The van der Waals surface area contributed by atoms with E-state index < -0.39 is 0 Å². The Morgan fingerprint density at radius 1 is 1.10 bits per heavy atom. The second kappa shape index (κ2) is 9.82. The summed E-state index contributed by atoms with van der Waals surface area (Å²) in [6.45, 7) is 9.67. The minimum atomic E-state index is -0.190. The Kier molecular flexibility index (Phi) is 6.93. The fraction of sp³-hybridized carbons (Fsp3) is 0.458. The third-order valence-corrected chi connectivity index (χ3v) is 6.41. The minimum absolute atomic E-state index is 0.0342. The Morgan fingerprint density at radius 2 is 1.83 bits per heavy atom. The molecule has 0 aromatic heterocycles. The van der Waals surface area contributed by atoms with Crippen molar-refractivity contribution in [2.45, 2.75) is 26.4 Å². The molecule has 5 nitrogen and oxygen atoms in total. The highest BCUT2D eigenvalue weighted by molar-refractivity contribution is 6.30. The molecular weight excluding hydrogens is 398 g/mol. The molecule has 6 heteroatoms. The van der Waals surface area contributed by atoms with Gasteiger partial charge in [0.2, 0.25) is 5.91 Å². The molecule has 4 rings (SSSR count). The molecule has 0 bridgehead atoms. The van der Waals surface area contributed by atoms with Gasteiger partial charge in [-0.3, -0.25) is 9.69 Å². The topological polar surface area (TPSA) is 44.8 Å². The molecule has 0 saturated carbocycles. The standard InChI is InChI=1S/C24H30ClN3O2/c1-2-27-9-11-28(12-10-27)16-19-6-4-3-5-18(19)15-26-24(29)21-13-20-14-22(25)7-8-23(20)30-17-21/h3-8,14,21H,2,9-13,15-17H2,1H3,(H,26,29). The van der Waals surface area contributed by atoms with Crippen LogP contribution in [-0.4, -0.2) is 55.0 Å². The van der Waals surface area contributed by atoms with E-state index in [1.54, 1.807) is 0 Å². The van der Waals surface area contributed by atoms with Crippen molar-refractivity contribution in [3.63, 3.8) is 0 Å². The molecule has 2 heterocycles. The van der Waals surface area contributed by atoms with Gasteiger partial charge < -0.3 is 15.0 Å². The van der Waals surface area contributed by atoms with Gasteiger partial charge in [-0.15, -0.1) is 0 Å². The predicted octanol–water partition coefficient (Wildman–Crippen LogP) is 3.35. The summed E-state index contributed by atoms with van der Waals surface area (Å²) in [6.07, 6.45) is 0.658. The molecule has 0 spiro atoms. The number of piperazine rings is 1. The van der Waals surface area contributed by atoms with Gasteiger partial charge in [-0.1, -0.05) is 42.8 Å². The maximum atomic E-state index is 12.8. The summed E-state index contributed by atoms with van der Waals surface area (Å²) in [7, 11) is 0. The molecule has 1 unspecified atom stereocenters. The molecule has 2 aromatic rings. The first-order chi connectivity index (χ1) is 14.6. The largest absolute Gasteiger partial charge is 0.492 e. The van der Waals surface area contributed by atoms with Crippen LogP contribution in [0, 0.1) is 5.92 Å². The van der Waals surface area contributed by atoms with E-state index in [2.05, 4.69) is 40.2 Å². The molecule has 1 fully saturated rings. The molecule has 1 saturated heterocycles. The Morgan fingerprint density at radius 3 is 2.60 bits per heavy atom. The van der Waals surface area contributed by atoms with Crippen LogP contribution in [0.2, 0.25) is 5.02 Å². The number of carbonyl (C=O) groups excluding carboxylic acids is 1. The third-order valence-electron chi connectivity index (χ3n) is 6.18. The van der Waals surface area contributed by atoms with Crippen LogP contribution in [-0.2, 0) is 24.3 Å². The third kappa shape index (κ3) is 5.15. The van der Waals surface area contributed by atoms with Gasteiger partial charge in [0.25, 0.3) is 0 Å². The van der Waals surface area contributed by atoms with E-state index in [1.807, 2.05) is 24.3 Å². The average molecular weight is 428 g/mol. The second-order valence-electron chi connectivity index (χ2n) is 8.16. The van der Waals surface area contributed by atoms with Gasteiger partial charge in [0.1, 0.15) is 12.4 Å². The summed E-state index contributed by atoms with van der Waals surface area (Å²) in [6, 6.07) is 14.0. The monoisotopic (exact) mass is 427 g/mol. The van der Waals surface area contributed by atoms with Crippen molar-refractivity contribution < 1.29 is 9.53 Å². The van der Waals surface area contributed by atoms with Crippen LogP contribution in [0.5, 0.6) is 5.75 Å². The van der Waals surface area contributed by atoms with E-state index >= 15 is 0 Å². The number of carbonyl (C=O) groups is 1. The zero-order valence-corrected chi connectivity index (χ0v) is 18.3. The highest BCUT2D eigenvalue weighted by atomic mass is 35.5. The lowest BCUT2D eigenvalue weighted by Gasteiger charge is -2.34. The first-order valence-corrected chi connectivity index (χ1v) is 11.2. The maximum absolute atomic E-state index is 12.8. The number of fused-ring (bicyclic) bond motifs is 1. The molecule has 30 heavy (non-hydrogen) atoms. The van der Waals surface area contributed by atoms with Crippen molar-refractivity contribution in [2.24, 2.45) is 5.92 Å². The van der Waals surface area contributed by atoms with Crippen LogP contribution in [0.25, 0.3) is 0 Å². The van der Waals surface area contributed by atoms with Crippen molar-refractivity contribution in [1.29, 1.82) is 0 Å². The molecule has 2 aromatic carbocycles. The molecule has 2 aliphatic heterocycles. The Bertz CT molecular complexity index is 881. The number of nitrogens with one attached hydrogen (secondary N) is 1. The van der Waals surface area contributed by atoms with Gasteiger partial charge in [-0.25, -0.2) is 0 Å². The van der Waals surface area contributed by atoms with Gasteiger partial charge in [0.05, 0.1) is 5.92 Å². The molecule has 1 N–H and O–H groups in total. The number of nitrogens with zero attached hydrogens (tertiary/aromatic N) is 2. The van der Waals surface area contributed by atoms with E-state index in [-0.39, 0.29) is 11.8 Å². The quantitative estimate of drug-likeness (QED) is 0.767. The van der Waals surface area contributed by atoms with Crippen molar-refractivity contribution >= 4 is 17.5 Å². The molecule has 1 atom stereocenters. The van der Waals surface area contributed by atoms with E-state index in [0.717, 1.165) is 50.6 Å². The van der Waals surface area contributed by atoms with Crippen molar-refractivity contribution in [1.82, 2.24) is 15.1 Å². The SMILES string of the molecule is CCN1CCN(Cc2ccccc2CNC(=O)C2COc3ccc(Cl)cc3C2)CC1. The molecule has 1 amide bonds. The van der Waals surface area contributed by atoms with Gasteiger partial charge in [0, 0.05) is 44.3 Å². The van der Waals surface area contributed by atoms with E-state index in [4.69, 9.17) is 16.3 Å². The summed E-state index contributed by atoms with van der Waals surface area (Å²) < 4.78 is 5.78. The number of halogens is 1. The number of amides is 1. The Labute approximate surface area is 184 Å². The highest BCUT2D eigenvalue weighted by Gasteiger charge is 2.26. The first kappa shape index (κ1) is 21.2. The molecular formula is C24H30ClN3O2. The lowest BCUT2D eigenvalue weighted by atomic mass is 9.96. The Hall–Kier alpha value is -2.08. The maximum Gasteiger partial charge on any atom is 0.227 e.